The number of benzene rings is 2. The van der Waals surface area contributed by atoms with Gasteiger partial charge in [0, 0.05) is 10.6 Å². The molecule has 0 saturated heterocycles. The lowest BCUT2D eigenvalue weighted by molar-refractivity contribution is 0.584. The monoisotopic (exact) mass is 324 g/mol. The average Bonchev–Trinajstić information content (AvgIpc) is 2.48. The van der Waals surface area contributed by atoms with Crippen molar-refractivity contribution in [3.8, 4) is 0 Å². The lowest BCUT2D eigenvalue weighted by atomic mass is 10.4. The zero-order valence-electron chi connectivity index (χ0n) is 11.6. The molecule has 0 aliphatic carbocycles. The Kier molecular flexibility index (Phi) is 5.01. The van der Waals surface area contributed by atoms with Gasteiger partial charge in [0.1, 0.15) is 3.95 Å². The van der Waals surface area contributed by atoms with Crippen LogP contribution in [0.4, 0.5) is 0 Å². The van der Waals surface area contributed by atoms with E-state index in [0.717, 1.165) is 16.4 Å². The largest absolute Gasteiger partial charge is 0.311 e. The second-order valence-corrected chi connectivity index (χ2v) is 11.0. The molecule has 0 heterocycles. The molecule has 106 valence electrons. The number of alkyl halides is 1. The van der Waals surface area contributed by atoms with Gasteiger partial charge in [0.05, 0.1) is 0 Å². The van der Waals surface area contributed by atoms with Crippen LogP contribution in [0.15, 0.2) is 60.7 Å². The van der Waals surface area contributed by atoms with Gasteiger partial charge >= 0.3 is 0 Å². The summed E-state index contributed by atoms with van der Waals surface area (Å²) in [7, 11) is -2.92. The van der Waals surface area contributed by atoms with Crippen LogP contribution >= 0.6 is 30.5 Å². The lowest BCUT2D eigenvalue weighted by Crippen LogP contribution is -2.28. The van der Waals surface area contributed by atoms with Crippen LogP contribution < -0.4 is 10.6 Å². The Morgan fingerprint density at radius 2 is 1.40 bits per heavy atom. The Labute approximate surface area is 130 Å². The summed E-state index contributed by atoms with van der Waals surface area (Å²) in [5, 5.41) is 1.62. The first-order chi connectivity index (χ1) is 9.52. The maximum Gasteiger partial charge on any atom is 0.172 e. The van der Waals surface area contributed by atoms with Crippen molar-refractivity contribution in [3.05, 3.63) is 60.7 Å². The first-order valence-electron chi connectivity index (χ1n) is 6.56. The fraction of sp³-hybridized carbons (Fsp3) is 0.250. The fourth-order valence-electron chi connectivity index (χ4n) is 2.24. The van der Waals surface area contributed by atoms with Gasteiger partial charge in [-0.1, -0.05) is 79.2 Å². The molecule has 1 unspecified atom stereocenters. The van der Waals surface area contributed by atoms with Gasteiger partial charge in [-0.2, -0.15) is 0 Å². The van der Waals surface area contributed by atoms with Crippen molar-refractivity contribution in [2.24, 2.45) is 0 Å². The Morgan fingerprint density at radius 3 is 1.75 bits per heavy atom. The first kappa shape index (κ1) is 15.7. The highest BCUT2D eigenvalue weighted by molar-refractivity contribution is 8.11. The summed E-state index contributed by atoms with van der Waals surface area (Å²) in [4.78, 5) is 0. The Hall–Kier alpha value is -0.690. The minimum atomic E-state index is -2.92. The van der Waals surface area contributed by atoms with E-state index in [1.807, 2.05) is 74.5 Å². The van der Waals surface area contributed by atoms with Gasteiger partial charge in [0.2, 0.25) is 0 Å². The van der Waals surface area contributed by atoms with E-state index in [0.29, 0.717) is 0 Å². The van der Waals surface area contributed by atoms with Crippen LogP contribution in [0.3, 0.4) is 0 Å². The fourth-order valence-corrected chi connectivity index (χ4v) is 7.83. The van der Waals surface area contributed by atoms with Gasteiger partial charge < -0.3 is 4.57 Å². The Bertz CT molecular complexity index is 555. The molecule has 0 saturated carbocycles. The lowest BCUT2D eigenvalue weighted by Gasteiger charge is -2.32. The second-order valence-electron chi connectivity index (χ2n) is 4.58. The molecule has 0 radical (unpaired) electrons. The third kappa shape index (κ3) is 2.83. The highest BCUT2D eigenvalue weighted by atomic mass is 35.5. The molecule has 0 aromatic heterocycles. The molecule has 2 rings (SSSR count). The van der Waals surface area contributed by atoms with E-state index in [1.165, 1.54) is 11.8 Å². The van der Waals surface area contributed by atoms with E-state index in [2.05, 4.69) is 0 Å². The maximum absolute atomic E-state index is 13.9. The molecule has 4 heteroatoms. The molecule has 0 fully saturated rings. The third-order valence-corrected chi connectivity index (χ3v) is 9.40. The molecule has 0 aliphatic rings. The standard InChI is InChI=1S/C16H18ClOPS/c1-3-20-16(2,17)19(18,14-10-6-4-7-11-14)15-12-8-5-9-13-15/h4-13H,3H2,1-2H3. The minimum Gasteiger partial charge on any atom is -0.311 e. The van der Waals surface area contributed by atoms with Crippen molar-refractivity contribution in [3.63, 3.8) is 0 Å². The van der Waals surface area contributed by atoms with Crippen LogP contribution in [-0.4, -0.2) is 9.70 Å². The van der Waals surface area contributed by atoms with Crippen LogP contribution in [0.5, 0.6) is 0 Å². The molecule has 0 N–H and O–H groups in total. The quantitative estimate of drug-likeness (QED) is 0.587. The Morgan fingerprint density at radius 1 is 1.00 bits per heavy atom. The summed E-state index contributed by atoms with van der Waals surface area (Å²) >= 11 is 8.24. The van der Waals surface area contributed by atoms with E-state index >= 15 is 0 Å². The SMILES string of the molecule is CCSC(C)(Cl)P(=O)(c1ccccc1)c1ccccc1. The minimum absolute atomic E-state index is 0.810. The summed E-state index contributed by atoms with van der Waals surface area (Å²) in [6, 6.07) is 19.1. The van der Waals surface area contributed by atoms with Crippen molar-refractivity contribution in [1.82, 2.24) is 0 Å². The summed E-state index contributed by atoms with van der Waals surface area (Å²) < 4.78 is 13.0. The predicted molar refractivity (Wildman–Crippen MR) is 92.1 cm³/mol. The van der Waals surface area contributed by atoms with Crippen LogP contribution in [0.2, 0.25) is 0 Å². The molecular weight excluding hydrogens is 307 g/mol. The van der Waals surface area contributed by atoms with Crippen LogP contribution in [0.25, 0.3) is 0 Å². The van der Waals surface area contributed by atoms with Crippen molar-refractivity contribution in [1.29, 1.82) is 0 Å². The van der Waals surface area contributed by atoms with Crippen LogP contribution in [0.1, 0.15) is 13.8 Å². The molecule has 20 heavy (non-hydrogen) atoms. The van der Waals surface area contributed by atoms with Gasteiger partial charge in [-0.3, -0.25) is 0 Å². The van der Waals surface area contributed by atoms with Gasteiger partial charge in [-0.15, -0.1) is 11.8 Å². The predicted octanol–water partition coefficient (Wildman–Crippen LogP) is 4.67. The number of hydrogen-bond donors (Lipinski definition) is 0. The van der Waals surface area contributed by atoms with E-state index in [9.17, 15) is 4.57 Å². The maximum atomic E-state index is 13.9. The average molecular weight is 325 g/mol. The van der Waals surface area contributed by atoms with E-state index in [1.54, 1.807) is 0 Å². The van der Waals surface area contributed by atoms with E-state index < -0.39 is 11.1 Å². The van der Waals surface area contributed by atoms with Crippen molar-refractivity contribution in [2.75, 3.05) is 5.75 Å². The van der Waals surface area contributed by atoms with Crippen molar-refractivity contribution >= 4 is 41.1 Å². The van der Waals surface area contributed by atoms with Gasteiger partial charge in [-0.25, -0.2) is 0 Å². The van der Waals surface area contributed by atoms with E-state index in [-0.39, 0.29) is 0 Å². The summed E-state index contributed by atoms with van der Waals surface area (Å²) in [6.45, 7) is 3.90. The number of rotatable bonds is 5. The smallest absolute Gasteiger partial charge is 0.172 e. The summed E-state index contributed by atoms with van der Waals surface area (Å²) in [6.07, 6.45) is 0. The molecule has 2 aromatic rings. The zero-order chi connectivity index (χ0) is 14.6. The normalized spacial score (nSPS) is 14.8. The molecule has 0 spiro atoms. The molecule has 0 bridgehead atoms. The first-order valence-corrected chi connectivity index (χ1v) is 9.63. The Balaban J connectivity index is 2.65. The van der Waals surface area contributed by atoms with Crippen molar-refractivity contribution < 1.29 is 4.57 Å². The molecular formula is C16H18ClOPS. The highest BCUT2D eigenvalue weighted by Crippen LogP contribution is 2.63. The van der Waals surface area contributed by atoms with Crippen molar-refractivity contribution in [2.45, 2.75) is 17.8 Å². The number of halogens is 1. The molecule has 1 nitrogen and oxygen atoms in total. The molecule has 0 aliphatic heterocycles. The van der Waals surface area contributed by atoms with E-state index in [4.69, 9.17) is 11.6 Å². The second kappa shape index (κ2) is 6.39. The van der Waals surface area contributed by atoms with Gasteiger partial charge in [0.15, 0.2) is 7.14 Å². The van der Waals surface area contributed by atoms with Crippen LogP contribution in [0, 0.1) is 0 Å². The summed E-state index contributed by atoms with van der Waals surface area (Å²) in [5.41, 5.74) is 0. The molecule has 1 atom stereocenters. The summed E-state index contributed by atoms with van der Waals surface area (Å²) in [5.74, 6) is 0.823. The van der Waals surface area contributed by atoms with Gasteiger partial charge in [0.25, 0.3) is 0 Å². The number of thioether (sulfide) groups is 1. The topological polar surface area (TPSA) is 17.1 Å². The zero-order valence-corrected chi connectivity index (χ0v) is 14.1. The molecule has 2 aromatic carbocycles. The molecule has 0 amide bonds. The highest BCUT2D eigenvalue weighted by Gasteiger charge is 2.45. The number of hydrogen-bond acceptors (Lipinski definition) is 2. The van der Waals surface area contributed by atoms with Crippen LogP contribution in [-0.2, 0) is 4.57 Å². The van der Waals surface area contributed by atoms with Gasteiger partial charge in [-0.05, 0) is 12.7 Å². The third-order valence-electron chi connectivity index (χ3n) is 3.21.